The molecule has 1 fully saturated rings. The lowest BCUT2D eigenvalue weighted by Gasteiger charge is -2.13. The van der Waals surface area contributed by atoms with Gasteiger partial charge < -0.3 is 15.8 Å². The molecule has 1 aromatic carbocycles. The molecule has 2 atom stereocenters. The van der Waals surface area contributed by atoms with Crippen LogP contribution in [0.3, 0.4) is 0 Å². The smallest absolute Gasteiger partial charge is 0.226 e. The second-order valence-corrected chi connectivity index (χ2v) is 7.26. The third kappa shape index (κ3) is 4.85. The van der Waals surface area contributed by atoms with Gasteiger partial charge in [-0.3, -0.25) is 4.79 Å². The third-order valence-corrected chi connectivity index (χ3v) is 5.42. The Morgan fingerprint density at radius 1 is 1.48 bits per heavy atom. The summed E-state index contributed by atoms with van der Waals surface area (Å²) in [6.45, 7) is 0. The Morgan fingerprint density at radius 3 is 2.92 bits per heavy atom. The quantitative estimate of drug-likeness (QED) is 0.780. The summed E-state index contributed by atoms with van der Waals surface area (Å²) in [5.74, 6) is 0.882. The zero-order chi connectivity index (χ0) is 17.1. The lowest BCUT2D eigenvalue weighted by Crippen LogP contribution is -2.28. The molecule has 3 N–H and O–H groups in total. The predicted octanol–water partition coefficient (Wildman–Crippen LogP) is 4.35. The Balaban J connectivity index is 0.00000225. The summed E-state index contributed by atoms with van der Waals surface area (Å²) in [5.41, 5.74) is 7.68. The van der Waals surface area contributed by atoms with Crippen molar-refractivity contribution in [3.05, 3.63) is 28.6 Å². The number of carbonyl (C=O) groups is 1. The van der Waals surface area contributed by atoms with Gasteiger partial charge >= 0.3 is 0 Å². The first-order chi connectivity index (χ1) is 11.6. The highest BCUT2D eigenvalue weighted by molar-refractivity contribution is 7.14. The number of nitrogens with zero attached hydrogens (tertiary/aromatic N) is 1. The molecule has 1 aliphatic rings. The summed E-state index contributed by atoms with van der Waals surface area (Å²) in [4.78, 5) is 16.6. The molecule has 5 nitrogen and oxygen atoms in total. The van der Waals surface area contributed by atoms with Crippen LogP contribution in [0.25, 0.3) is 11.3 Å². The van der Waals surface area contributed by atoms with Crippen LogP contribution in [0.5, 0.6) is 5.75 Å². The van der Waals surface area contributed by atoms with Crippen LogP contribution in [0, 0.1) is 5.92 Å². The van der Waals surface area contributed by atoms with Crippen molar-refractivity contribution < 1.29 is 9.53 Å². The third-order valence-electron chi connectivity index (χ3n) is 4.36. The highest BCUT2D eigenvalue weighted by Crippen LogP contribution is 2.32. The van der Waals surface area contributed by atoms with E-state index in [4.69, 9.17) is 22.1 Å². The number of carbonyl (C=O) groups excluding carboxylic acids is 1. The molecule has 8 heteroatoms. The van der Waals surface area contributed by atoms with E-state index in [1.54, 1.807) is 19.2 Å². The Bertz CT molecular complexity index is 738. The molecule has 0 unspecified atom stereocenters. The molecule has 0 radical (unpaired) electrons. The number of methoxy groups -OCH3 is 1. The molecule has 0 bridgehead atoms. The van der Waals surface area contributed by atoms with Gasteiger partial charge in [-0.1, -0.05) is 18.0 Å². The second kappa shape index (κ2) is 8.85. The van der Waals surface area contributed by atoms with E-state index in [9.17, 15) is 4.79 Å². The number of nitrogens with two attached hydrogens (primary N) is 1. The van der Waals surface area contributed by atoms with Crippen molar-refractivity contribution in [1.29, 1.82) is 0 Å². The molecule has 1 saturated carbocycles. The summed E-state index contributed by atoms with van der Waals surface area (Å²) in [7, 11) is 1.58. The minimum atomic E-state index is -0.0222. The van der Waals surface area contributed by atoms with Crippen molar-refractivity contribution in [1.82, 2.24) is 4.98 Å². The standard InChI is InChI=1S/C17H20ClN3O2S.ClH/c1-23-15-6-5-11(7-12(15)18)14-9-24-17(20-14)21-16(22)8-10-3-2-4-13(10)19;/h5-7,9-10,13H,2-4,8,19H2,1H3,(H,20,21,22);1H/t10-,13+;/m0./s1. The predicted molar refractivity (Wildman–Crippen MR) is 105 cm³/mol. The Labute approximate surface area is 162 Å². The lowest BCUT2D eigenvalue weighted by molar-refractivity contribution is -0.117. The first-order valence-corrected chi connectivity index (χ1v) is 9.17. The van der Waals surface area contributed by atoms with Gasteiger partial charge in [0.05, 0.1) is 17.8 Å². The SMILES string of the molecule is COc1ccc(-c2csc(NC(=O)C[C@@H]3CCC[C@H]3N)n2)cc1Cl.Cl. The van der Waals surface area contributed by atoms with E-state index in [-0.39, 0.29) is 30.3 Å². The van der Waals surface area contributed by atoms with Crippen LogP contribution < -0.4 is 15.8 Å². The fourth-order valence-corrected chi connectivity index (χ4v) is 4.01. The average Bonchev–Trinajstić information content (AvgIpc) is 3.17. The van der Waals surface area contributed by atoms with E-state index in [2.05, 4.69) is 10.3 Å². The lowest BCUT2D eigenvalue weighted by atomic mass is 10.00. The van der Waals surface area contributed by atoms with Crippen LogP contribution >= 0.6 is 35.3 Å². The molecule has 0 aliphatic heterocycles. The fourth-order valence-electron chi connectivity index (χ4n) is 3.02. The normalized spacial score (nSPS) is 19.3. The van der Waals surface area contributed by atoms with Crippen LogP contribution in [0.4, 0.5) is 5.13 Å². The van der Waals surface area contributed by atoms with Crippen LogP contribution in [-0.2, 0) is 4.79 Å². The van der Waals surface area contributed by atoms with Crippen LogP contribution in [0.15, 0.2) is 23.6 Å². The summed E-state index contributed by atoms with van der Waals surface area (Å²) in [5, 5.41) is 5.89. The highest BCUT2D eigenvalue weighted by Gasteiger charge is 2.26. The van der Waals surface area contributed by atoms with Crippen molar-refractivity contribution in [2.75, 3.05) is 12.4 Å². The minimum absolute atomic E-state index is 0. The van der Waals surface area contributed by atoms with E-state index < -0.39 is 0 Å². The molecule has 25 heavy (non-hydrogen) atoms. The Hall–Kier alpha value is -1.34. The molecule has 1 heterocycles. The van der Waals surface area contributed by atoms with Crippen LogP contribution in [0.1, 0.15) is 25.7 Å². The summed E-state index contributed by atoms with van der Waals surface area (Å²) >= 11 is 7.55. The highest BCUT2D eigenvalue weighted by atomic mass is 35.5. The fraction of sp³-hybridized carbons (Fsp3) is 0.412. The molecule has 2 aromatic rings. The van der Waals surface area contributed by atoms with Gasteiger partial charge in [0.15, 0.2) is 5.13 Å². The maximum atomic E-state index is 12.2. The minimum Gasteiger partial charge on any atom is -0.495 e. The molecule has 0 saturated heterocycles. The topological polar surface area (TPSA) is 77.2 Å². The Morgan fingerprint density at radius 2 is 2.28 bits per heavy atom. The van der Waals surface area contributed by atoms with E-state index in [0.717, 1.165) is 30.5 Å². The van der Waals surface area contributed by atoms with Gasteiger partial charge in [0.25, 0.3) is 0 Å². The molecule has 3 rings (SSSR count). The number of aromatic nitrogens is 1. The van der Waals surface area contributed by atoms with Crippen molar-refractivity contribution in [2.24, 2.45) is 11.7 Å². The van der Waals surface area contributed by atoms with Gasteiger partial charge in [-0.25, -0.2) is 4.98 Å². The molecular weight excluding hydrogens is 381 g/mol. The van der Waals surface area contributed by atoms with Crippen molar-refractivity contribution >= 4 is 46.4 Å². The maximum absolute atomic E-state index is 12.2. The van der Waals surface area contributed by atoms with Crippen molar-refractivity contribution in [3.8, 4) is 17.0 Å². The number of rotatable bonds is 5. The molecule has 1 amide bonds. The largest absolute Gasteiger partial charge is 0.495 e. The van der Waals surface area contributed by atoms with Crippen LogP contribution in [0.2, 0.25) is 5.02 Å². The zero-order valence-electron chi connectivity index (χ0n) is 13.8. The summed E-state index contributed by atoms with van der Waals surface area (Å²) in [6, 6.07) is 5.64. The van der Waals surface area contributed by atoms with Crippen molar-refractivity contribution in [3.63, 3.8) is 0 Å². The number of amides is 1. The molecule has 1 aromatic heterocycles. The first kappa shape index (κ1) is 20.0. The van der Waals surface area contributed by atoms with Gasteiger partial charge in [0.2, 0.25) is 5.91 Å². The number of anilines is 1. The number of ether oxygens (including phenoxy) is 1. The van der Waals surface area contributed by atoms with E-state index >= 15 is 0 Å². The van der Waals surface area contributed by atoms with E-state index in [0.29, 0.717) is 22.3 Å². The number of halogens is 2. The molecule has 0 spiro atoms. The monoisotopic (exact) mass is 401 g/mol. The van der Waals surface area contributed by atoms with E-state index in [1.165, 1.54) is 11.3 Å². The van der Waals surface area contributed by atoms with Gasteiger partial charge in [0.1, 0.15) is 5.75 Å². The number of benzene rings is 1. The number of hydrogen-bond acceptors (Lipinski definition) is 5. The molecular formula is C17H21Cl2N3O2S. The number of thiazole rings is 1. The molecule has 136 valence electrons. The Kier molecular flexibility index (Phi) is 7.07. The number of hydrogen-bond donors (Lipinski definition) is 2. The van der Waals surface area contributed by atoms with Crippen LogP contribution in [-0.4, -0.2) is 24.0 Å². The van der Waals surface area contributed by atoms with Gasteiger partial charge in [0, 0.05) is 23.4 Å². The average molecular weight is 402 g/mol. The summed E-state index contributed by atoms with van der Waals surface area (Å²) in [6.07, 6.45) is 3.61. The van der Waals surface area contributed by atoms with Gasteiger partial charge in [-0.15, -0.1) is 23.7 Å². The van der Waals surface area contributed by atoms with Gasteiger partial charge in [-0.2, -0.15) is 0 Å². The summed E-state index contributed by atoms with van der Waals surface area (Å²) < 4.78 is 5.15. The molecule has 1 aliphatic carbocycles. The van der Waals surface area contributed by atoms with Crippen molar-refractivity contribution in [2.45, 2.75) is 31.7 Å². The van der Waals surface area contributed by atoms with Gasteiger partial charge in [-0.05, 0) is 37.0 Å². The zero-order valence-corrected chi connectivity index (χ0v) is 16.2. The maximum Gasteiger partial charge on any atom is 0.226 e. The number of nitrogens with one attached hydrogen (secondary N) is 1. The second-order valence-electron chi connectivity index (χ2n) is 5.99. The van der Waals surface area contributed by atoms with E-state index in [1.807, 2.05) is 11.4 Å². The first-order valence-electron chi connectivity index (χ1n) is 7.91.